The van der Waals surface area contributed by atoms with Crippen LogP contribution in [0, 0.1) is 5.82 Å². The molecule has 122 valence electrons. The van der Waals surface area contributed by atoms with Gasteiger partial charge in [-0.2, -0.15) is 0 Å². The molecule has 1 aromatic carbocycles. The van der Waals surface area contributed by atoms with Crippen LogP contribution in [0.1, 0.15) is 24.2 Å². The predicted octanol–water partition coefficient (Wildman–Crippen LogP) is 1.36. The van der Waals surface area contributed by atoms with Crippen LogP contribution < -0.4 is 4.74 Å². The summed E-state index contributed by atoms with van der Waals surface area (Å²) in [5.74, 6) is -0.477. The topological polar surface area (TPSA) is 53.0 Å². The van der Waals surface area contributed by atoms with Crippen molar-refractivity contribution in [1.29, 1.82) is 0 Å². The second kappa shape index (κ2) is 6.62. The smallest absolute Gasteiger partial charge is 0.256 e. The van der Waals surface area contributed by atoms with Crippen LogP contribution in [0.25, 0.3) is 0 Å². The molecule has 5 nitrogen and oxygen atoms in total. The quantitative estimate of drug-likeness (QED) is 0.912. The lowest BCUT2D eigenvalue weighted by Gasteiger charge is -2.37. The molecule has 0 saturated carbocycles. The lowest BCUT2D eigenvalue weighted by atomic mass is 10.1. The number of halogens is 1. The first-order chi connectivity index (χ1) is 10.3. The zero-order valence-electron chi connectivity index (χ0n) is 13.3. The summed E-state index contributed by atoms with van der Waals surface area (Å²) >= 11 is 0. The van der Waals surface area contributed by atoms with Gasteiger partial charge in [0, 0.05) is 38.8 Å². The fraction of sp³-hybridized carbons (Fsp3) is 0.562. The van der Waals surface area contributed by atoms with Crippen molar-refractivity contribution >= 4 is 5.91 Å². The molecule has 2 rings (SSSR count). The molecule has 1 heterocycles. The van der Waals surface area contributed by atoms with E-state index in [4.69, 9.17) is 4.74 Å². The average molecular weight is 310 g/mol. The van der Waals surface area contributed by atoms with Gasteiger partial charge in [-0.1, -0.05) is 0 Å². The number of carbonyl (C=O) groups excluding carboxylic acids is 1. The monoisotopic (exact) mass is 310 g/mol. The molecule has 1 N–H and O–H groups in total. The summed E-state index contributed by atoms with van der Waals surface area (Å²) in [6.07, 6.45) is 0. The van der Waals surface area contributed by atoms with Gasteiger partial charge in [0.25, 0.3) is 5.91 Å². The number of piperazine rings is 1. The number of methoxy groups -OCH3 is 1. The molecule has 1 aliphatic rings. The van der Waals surface area contributed by atoms with E-state index in [1.807, 2.05) is 0 Å². The standard InChI is InChI=1S/C16H23FN2O3/c1-16(2,21)11-18-6-8-19(9-7-18)15(20)13-5-4-12(22-3)10-14(13)17/h4-5,10,21H,6-9,11H2,1-3H3. The van der Waals surface area contributed by atoms with E-state index >= 15 is 0 Å². The minimum absolute atomic E-state index is 0.0664. The van der Waals surface area contributed by atoms with E-state index in [2.05, 4.69) is 4.90 Å². The number of benzene rings is 1. The Morgan fingerprint density at radius 3 is 2.45 bits per heavy atom. The largest absolute Gasteiger partial charge is 0.497 e. The van der Waals surface area contributed by atoms with Gasteiger partial charge < -0.3 is 14.7 Å². The summed E-state index contributed by atoms with van der Waals surface area (Å²) in [4.78, 5) is 16.1. The Kier molecular flexibility index (Phi) is 5.03. The Morgan fingerprint density at radius 1 is 1.32 bits per heavy atom. The van der Waals surface area contributed by atoms with Crippen LogP contribution >= 0.6 is 0 Å². The van der Waals surface area contributed by atoms with E-state index in [0.29, 0.717) is 38.5 Å². The molecule has 0 unspecified atom stereocenters. The summed E-state index contributed by atoms with van der Waals surface area (Å²) in [6, 6.07) is 4.26. The van der Waals surface area contributed by atoms with E-state index in [0.717, 1.165) is 0 Å². The van der Waals surface area contributed by atoms with Gasteiger partial charge in [0.15, 0.2) is 0 Å². The first kappa shape index (κ1) is 16.7. The summed E-state index contributed by atoms with van der Waals surface area (Å²) < 4.78 is 18.9. The fourth-order valence-corrected chi connectivity index (χ4v) is 2.62. The zero-order chi connectivity index (χ0) is 16.3. The molecule has 0 spiro atoms. The molecule has 1 amide bonds. The average Bonchev–Trinajstić information content (AvgIpc) is 2.45. The molecular weight excluding hydrogens is 287 g/mol. The molecule has 6 heteroatoms. The molecule has 1 aromatic rings. The van der Waals surface area contributed by atoms with Crippen molar-refractivity contribution in [3.63, 3.8) is 0 Å². The number of carbonyl (C=O) groups is 1. The lowest BCUT2D eigenvalue weighted by molar-refractivity contribution is 0.0178. The van der Waals surface area contributed by atoms with Crippen molar-refractivity contribution in [1.82, 2.24) is 9.80 Å². The number of aliphatic hydroxyl groups is 1. The normalized spacial score (nSPS) is 16.7. The third-order valence-electron chi connectivity index (χ3n) is 3.68. The number of hydrogen-bond acceptors (Lipinski definition) is 4. The molecular formula is C16H23FN2O3. The molecule has 0 bridgehead atoms. The lowest BCUT2D eigenvalue weighted by Crippen LogP contribution is -2.52. The Labute approximate surface area is 130 Å². The number of ether oxygens (including phenoxy) is 1. The second-order valence-electron chi connectivity index (χ2n) is 6.23. The van der Waals surface area contributed by atoms with Crippen molar-refractivity contribution in [3.8, 4) is 5.75 Å². The number of hydrogen-bond donors (Lipinski definition) is 1. The zero-order valence-corrected chi connectivity index (χ0v) is 13.3. The third kappa shape index (κ3) is 4.18. The van der Waals surface area contributed by atoms with Gasteiger partial charge in [-0.05, 0) is 26.0 Å². The molecule has 22 heavy (non-hydrogen) atoms. The van der Waals surface area contributed by atoms with Crippen LogP contribution in [-0.2, 0) is 0 Å². The predicted molar refractivity (Wildman–Crippen MR) is 81.6 cm³/mol. The molecule has 0 aromatic heterocycles. The van der Waals surface area contributed by atoms with Crippen molar-refractivity contribution in [2.45, 2.75) is 19.4 Å². The van der Waals surface area contributed by atoms with Crippen LogP contribution in [0.5, 0.6) is 5.75 Å². The van der Waals surface area contributed by atoms with Gasteiger partial charge in [-0.3, -0.25) is 9.69 Å². The van der Waals surface area contributed by atoms with Gasteiger partial charge in [-0.15, -0.1) is 0 Å². The highest BCUT2D eigenvalue weighted by Gasteiger charge is 2.26. The van der Waals surface area contributed by atoms with Crippen molar-refractivity contribution < 1.29 is 19.0 Å². The van der Waals surface area contributed by atoms with E-state index in [1.54, 1.807) is 24.8 Å². The second-order valence-corrected chi connectivity index (χ2v) is 6.23. The van der Waals surface area contributed by atoms with Gasteiger partial charge in [-0.25, -0.2) is 4.39 Å². The van der Waals surface area contributed by atoms with Crippen molar-refractivity contribution in [2.24, 2.45) is 0 Å². The summed E-state index contributed by atoms with van der Waals surface area (Å²) in [6.45, 7) is 6.49. The maximum Gasteiger partial charge on any atom is 0.256 e. The van der Waals surface area contributed by atoms with Crippen LogP contribution in [0.2, 0.25) is 0 Å². The Morgan fingerprint density at radius 2 is 1.95 bits per heavy atom. The van der Waals surface area contributed by atoms with Gasteiger partial charge in [0.1, 0.15) is 11.6 Å². The SMILES string of the molecule is COc1ccc(C(=O)N2CCN(CC(C)(C)O)CC2)c(F)c1. The molecule has 0 aliphatic carbocycles. The number of nitrogens with zero attached hydrogens (tertiary/aromatic N) is 2. The van der Waals surface area contributed by atoms with Crippen LogP contribution in [0.3, 0.4) is 0 Å². The van der Waals surface area contributed by atoms with Gasteiger partial charge in [0.05, 0.1) is 18.3 Å². The Hall–Kier alpha value is -1.66. The Balaban J connectivity index is 1.98. The van der Waals surface area contributed by atoms with Crippen LogP contribution in [-0.4, -0.2) is 66.2 Å². The van der Waals surface area contributed by atoms with Crippen molar-refractivity contribution in [2.75, 3.05) is 39.8 Å². The highest BCUT2D eigenvalue weighted by molar-refractivity contribution is 5.94. The number of rotatable bonds is 4. The molecule has 1 saturated heterocycles. The van der Waals surface area contributed by atoms with Crippen LogP contribution in [0.4, 0.5) is 4.39 Å². The van der Waals surface area contributed by atoms with Crippen molar-refractivity contribution in [3.05, 3.63) is 29.6 Å². The van der Waals surface area contributed by atoms with E-state index in [-0.39, 0.29) is 11.5 Å². The minimum Gasteiger partial charge on any atom is -0.497 e. The molecule has 0 atom stereocenters. The molecule has 0 radical (unpaired) electrons. The first-order valence-corrected chi connectivity index (χ1v) is 7.38. The molecule has 1 aliphatic heterocycles. The Bertz CT molecular complexity index is 535. The van der Waals surface area contributed by atoms with E-state index < -0.39 is 11.4 Å². The van der Waals surface area contributed by atoms with E-state index in [9.17, 15) is 14.3 Å². The van der Waals surface area contributed by atoms with Gasteiger partial charge >= 0.3 is 0 Å². The maximum atomic E-state index is 14.0. The minimum atomic E-state index is -0.756. The van der Waals surface area contributed by atoms with Crippen LogP contribution in [0.15, 0.2) is 18.2 Å². The highest BCUT2D eigenvalue weighted by atomic mass is 19.1. The maximum absolute atomic E-state index is 14.0. The number of β-amino-alcohol motifs (C(OH)–C–C–N with tert-alkyl or cyclic N) is 1. The summed E-state index contributed by atoms with van der Waals surface area (Å²) in [5.41, 5.74) is -0.689. The first-order valence-electron chi connectivity index (χ1n) is 7.38. The highest BCUT2D eigenvalue weighted by Crippen LogP contribution is 2.19. The fourth-order valence-electron chi connectivity index (χ4n) is 2.62. The summed E-state index contributed by atoms with van der Waals surface area (Å²) in [5, 5.41) is 9.83. The summed E-state index contributed by atoms with van der Waals surface area (Å²) in [7, 11) is 1.46. The third-order valence-corrected chi connectivity index (χ3v) is 3.68. The van der Waals surface area contributed by atoms with E-state index in [1.165, 1.54) is 19.2 Å². The van der Waals surface area contributed by atoms with Gasteiger partial charge in [0.2, 0.25) is 0 Å². The molecule has 1 fully saturated rings. The number of amides is 1.